The fraction of sp³-hybridized carbons (Fsp3) is 0.357. The summed E-state index contributed by atoms with van der Waals surface area (Å²) in [6.45, 7) is 3.41. The predicted octanol–water partition coefficient (Wildman–Crippen LogP) is 1.37. The van der Waals surface area contributed by atoms with Crippen LogP contribution in [0.1, 0.15) is 36.2 Å². The Kier molecular flexibility index (Phi) is 3.74. The van der Waals surface area contributed by atoms with E-state index in [1.807, 2.05) is 13.0 Å². The summed E-state index contributed by atoms with van der Waals surface area (Å²) < 4.78 is 0. The minimum atomic E-state index is -0.0967. The van der Waals surface area contributed by atoms with E-state index in [1.54, 1.807) is 13.1 Å². The molecule has 1 aliphatic rings. The fourth-order valence-electron chi connectivity index (χ4n) is 2.39. The lowest BCUT2D eigenvalue weighted by atomic mass is 9.91. The van der Waals surface area contributed by atoms with Gasteiger partial charge in [0.15, 0.2) is 5.78 Å². The summed E-state index contributed by atoms with van der Waals surface area (Å²) >= 11 is 0. The maximum Gasteiger partial charge on any atom is 0.240 e. The first-order chi connectivity index (χ1) is 9.45. The largest absolute Gasteiger partial charge is 0.396 e. The van der Waals surface area contributed by atoms with Gasteiger partial charge < -0.3 is 11.1 Å². The number of nitrogens with zero attached hydrogens (tertiary/aromatic N) is 1. The quantitative estimate of drug-likeness (QED) is 0.573. The second-order valence-corrected chi connectivity index (χ2v) is 4.89. The highest BCUT2D eigenvalue weighted by Gasteiger charge is 2.25. The summed E-state index contributed by atoms with van der Waals surface area (Å²) in [4.78, 5) is 22.8. The van der Waals surface area contributed by atoms with Gasteiger partial charge in [0.2, 0.25) is 5.91 Å². The van der Waals surface area contributed by atoms with Crippen molar-refractivity contribution in [1.29, 1.82) is 0 Å². The van der Waals surface area contributed by atoms with Crippen LogP contribution in [-0.2, 0) is 4.79 Å². The summed E-state index contributed by atoms with van der Waals surface area (Å²) in [6.07, 6.45) is 0.385. The average Bonchev–Trinajstić information content (AvgIpc) is 2.38. The van der Waals surface area contributed by atoms with Crippen molar-refractivity contribution in [3.05, 3.63) is 23.3 Å². The molecule has 1 aliphatic heterocycles. The van der Waals surface area contributed by atoms with Crippen LogP contribution in [0.25, 0.3) is 0 Å². The number of carbonyl (C=O) groups excluding carboxylic acids is 2. The number of nitrogens with one attached hydrogen (secondary N) is 2. The summed E-state index contributed by atoms with van der Waals surface area (Å²) in [6, 6.07) is 3.51. The lowest BCUT2D eigenvalue weighted by Crippen LogP contribution is -2.32. The molecule has 20 heavy (non-hydrogen) atoms. The van der Waals surface area contributed by atoms with Crippen LogP contribution in [0, 0.1) is 5.92 Å². The number of hydrogen-bond donors (Lipinski definition) is 3. The Morgan fingerprint density at radius 1 is 1.50 bits per heavy atom. The SMILES string of the molecule is CNc1c(C2=NNC(=O)CC2C)ccc(C(C)=O)c1N. The number of Topliss-reactive ketones (excluding diaryl/α,β-unsaturated/α-hetero) is 1. The highest BCUT2D eigenvalue weighted by atomic mass is 16.2. The second-order valence-electron chi connectivity index (χ2n) is 4.89. The average molecular weight is 274 g/mol. The van der Waals surface area contributed by atoms with Gasteiger partial charge in [-0.25, -0.2) is 5.43 Å². The van der Waals surface area contributed by atoms with Crippen molar-refractivity contribution in [3.8, 4) is 0 Å². The van der Waals surface area contributed by atoms with Crippen molar-refractivity contribution in [1.82, 2.24) is 5.43 Å². The monoisotopic (exact) mass is 274 g/mol. The Labute approximate surface area is 117 Å². The zero-order chi connectivity index (χ0) is 14.9. The van der Waals surface area contributed by atoms with Crippen LogP contribution < -0.4 is 16.5 Å². The standard InChI is InChI=1S/C14H18N4O2/c1-7-6-11(20)17-18-13(7)10-5-4-9(8(2)19)12(15)14(10)16-3/h4-5,7,16H,6,15H2,1-3H3,(H,17,20). The Hall–Kier alpha value is -2.37. The Morgan fingerprint density at radius 2 is 2.20 bits per heavy atom. The van der Waals surface area contributed by atoms with E-state index in [-0.39, 0.29) is 17.6 Å². The first-order valence-corrected chi connectivity index (χ1v) is 6.43. The Balaban J connectivity index is 2.55. The number of hydrazone groups is 1. The van der Waals surface area contributed by atoms with Gasteiger partial charge in [0.25, 0.3) is 0 Å². The zero-order valence-electron chi connectivity index (χ0n) is 11.8. The van der Waals surface area contributed by atoms with Crippen molar-refractivity contribution in [2.75, 3.05) is 18.1 Å². The van der Waals surface area contributed by atoms with Gasteiger partial charge in [0.1, 0.15) is 0 Å². The van der Waals surface area contributed by atoms with Gasteiger partial charge in [0.05, 0.1) is 17.1 Å². The van der Waals surface area contributed by atoms with Crippen molar-refractivity contribution >= 4 is 28.8 Å². The molecule has 6 heteroatoms. The minimum Gasteiger partial charge on any atom is -0.396 e. The topological polar surface area (TPSA) is 96.6 Å². The third-order valence-corrected chi connectivity index (χ3v) is 3.41. The first kappa shape index (κ1) is 14.0. The maximum absolute atomic E-state index is 11.5. The number of hydrogen-bond acceptors (Lipinski definition) is 5. The van der Waals surface area contributed by atoms with E-state index in [9.17, 15) is 9.59 Å². The van der Waals surface area contributed by atoms with Gasteiger partial charge in [-0.05, 0) is 13.0 Å². The van der Waals surface area contributed by atoms with Gasteiger partial charge in [-0.15, -0.1) is 0 Å². The van der Waals surface area contributed by atoms with Crippen molar-refractivity contribution in [3.63, 3.8) is 0 Å². The van der Waals surface area contributed by atoms with E-state index < -0.39 is 0 Å². The van der Waals surface area contributed by atoms with E-state index in [4.69, 9.17) is 5.73 Å². The van der Waals surface area contributed by atoms with Crippen LogP contribution in [0.3, 0.4) is 0 Å². The van der Waals surface area contributed by atoms with Crippen molar-refractivity contribution < 1.29 is 9.59 Å². The molecule has 0 aromatic heterocycles. The van der Waals surface area contributed by atoms with Gasteiger partial charge in [-0.3, -0.25) is 9.59 Å². The molecule has 0 aliphatic carbocycles. The first-order valence-electron chi connectivity index (χ1n) is 6.43. The highest BCUT2D eigenvalue weighted by Crippen LogP contribution is 2.31. The molecule has 0 fully saturated rings. The minimum absolute atomic E-state index is 0.00146. The zero-order valence-corrected chi connectivity index (χ0v) is 11.8. The molecular weight excluding hydrogens is 256 g/mol. The van der Waals surface area contributed by atoms with E-state index in [1.165, 1.54) is 6.92 Å². The van der Waals surface area contributed by atoms with Gasteiger partial charge >= 0.3 is 0 Å². The number of anilines is 2. The molecule has 0 radical (unpaired) electrons. The van der Waals surface area contributed by atoms with Gasteiger partial charge in [-0.2, -0.15) is 5.10 Å². The summed E-state index contributed by atoms with van der Waals surface area (Å²) in [5, 5.41) is 7.14. The molecule has 0 saturated carbocycles. The number of rotatable bonds is 3. The number of nitrogen functional groups attached to an aromatic ring is 1. The van der Waals surface area contributed by atoms with E-state index in [0.29, 0.717) is 23.4 Å². The smallest absolute Gasteiger partial charge is 0.240 e. The third-order valence-electron chi connectivity index (χ3n) is 3.41. The molecule has 0 bridgehead atoms. The predicted molar refractivity (Wildman–Crippen MR) is 78.9 cm³/mol. The van der Waals surface area contributed by atoms with Crippen LogP contribution in [-0.4, -0.2) is 24.4 Å². The molecule has 1 atom stereocenters. The molecule has 1 amide bonds. The van der Waals surface area contributed by atoms with Crippen molar-refractivity contribution in [2.24, 2.45) is 11.0 Å². The number of amides is 1. The maximum atomic E-state index is 11.5. The second kappa shape index (κ2) is 5.32. The van der Waals surface area contributed by atoms with Gasteiger partial charge in [0, 0.05) is 30.5 Å². The van der Waals surface area contributed by atoms with Crippen LogP contribution in [0.4, 0.5) is 11.4 Å². The number of carbonyl (C=O) groups is 2. The van der Waals surface area contributed by atoms with Crippen LogP contribution in [0.5, 0.6) is 0 Å². The molecule has 2 rings (SSSR count). The molecule has 0 spiro atoms. The molecule has 1 unspecified atom stereocenters. The molecule has 0 saturated heterocycles. The highest BCUT2D eigenvalue weighted by molar-refractivity contribution is 6.13. The molecular formula is C14H18N4O2. The van der Waals surface area contributed by atoms with E-state index >= 15 is 0 Å². The number of ketones is 1. The lowest BCUT2D eigenvalue weighted by molar-refractivity contribution is -0.121. The number of nitrogens with two attached hydrogens (primary N) is 1. The Bertz CT molecular complexity index is 607. The van der Waals surface area contributed by atoms with Crippen LogP contribution in [0.2, 0.25) is 0 Å². The normalized spacial score (nSPS) is 18.2. The fourth-order valence-corrected chi connectivity index (χ4v) is 2.39. The molecule has 1 heterocycles. The van der Waals surface area contributed by atoms with E-state index in [2.05, 4.69) is 15.8 Å². The molecule has 6 nitrogen and oxygen atoms in total. The van der Waals surface area contributed by atoms with Gasteiger partial charge in [-0.1, -0.05) is 13.0 Å². The lowest BCUT2D eigenvalue weighted by Gasteiger charge is -2.22. The Morgan fingerprint density at radius 3 is 2.75 bits per heavy atom. The summed E-state index contributed by atoms with van der Waals surface area (Å²) in [5.41, 5.74) is 11.7. The molecule has 4 N–H and O–H groups in total. The van der Waals surface area contributed by atoms with Crippen LogP contribution in [0.15, 0.2) is 17.2 Å². The third kappa shape index (κ3) is 2.36. The summed E-state index contributed by atoms with van der Waals surface area (Å²) in [5.74, 6) is -0.184. The van der Waals surface area contributed by atoms with Crippen molar-refractivity contribution in [2.45, 2.75) is 20.3 Å². The number of benzene rings is 1. The molecule has 106 valence electrons. The van der Waals surface area contributed by atoms with Crippen LogP contribution >= 0.6 is 0 Å². The molecule has 1 aromatic rings. The van der Waals surface area contributed by atoms with E-state index in [0.717, 1.165) is 11.3 Å². The molecule has 1 aromatic carbocycles. The summed E-state index contributed by atoms with van der Waals surface area (Å²) in [7, 11) is 1.74.